The molecule has 2 aromatic heterocycles. The number of imidazole rings is 1. The van der Waals surface area contributed by atoms with Crippen molar-refractivity contribution in [2.24, 2.45) is 5.10 Å². The summed E-state index contributed by atoms with van der Waals surface area (Å²) in [4.78, 5) is 31.1. The fourth-order valence-corrected chi connectivity index (χ4v) is 5.05. The van der Waals surface area contributed by atoms with Crippen molar-refractivity contribution in [1.82, 2.24) is 23.9 Å². The summed E-state index contributed by atoms with van der Waals surface area (Å²) in [5.74, 6) is -2.15. The summed E-state index contributed by atoms with van der Waals surface area (Å²) in [6.07, 6.45) is 2.43. The molecule has 2 amide bonds. The van der Waals surface area contributed by atoms with Crippen LogP contribution in [0.2, 0.25) is 0 Å². The molecule has 0 atom stereocenters. The summed E-state index contributed by atoms with van der Waals surface area (Å²) in [6, 6.07) is 10.4. The minimum absolute atomic E-state index is 0.0120. The van der Waals surface area contributed by atoms with Crippen molar-refractivity contribution < 1.29 is 31.2 Å². The zero-order chi connectivity index (χ0) is 29.4. The van der Waals surface area contributed by atoms with Gasteiger partial charge in [-0.1, -0.05) is 25.1 Å². The van der Waals surface area contributed by atoms with Crippen molar-refractivity contribution >= 4 is 39.0 Å². The highest BCUT2D eigenvalue weighted by atomic mass is 32.2. The van der Waals surface area contributed by atoms with Gasteiger partial charge in [0.2, 0.25) is 5.84 Å². The Hall–Kier alpha value is -4.14. The van der Waals surface area contributed by atoms with Crippen LogP contribution in [0.15, 0.2) is 47.7 Å². The van der Waals surface area contributed by atoms with Crippen LogP contribution in [-0.2, 0) is 27.8 Å². The van der Waals surface area contributed by atoms with E-state index in [2.05, 4.69) is 15.4 Å². The lowest BCUT2D eigenvalue weighted by atomic mass is 10.2. The number of likely N-dealkylation sites (N-methyl/N-ethyl adjacent to an activating group) is 1. The highest BCUT2D eigenvalue weighted by Crippen LogP contribution is 2.29. The Kier molecular flexibility index (Phi) is 7.78. The lowest BCUT2D eigenvalue weighted by Gasteiger charge is -2.34. The molecule has 4 rings (SSSR count). The molecule has 15 heteroatoms. The van der Waals surface area contributed by atoms with E-state index in [1.165, 1.54) is 19.1 Å². The first-order chi connectivity index (χ1) is 18.7. The number of sulfonamides is 1. The van der Waals surface area contributed by atoms with Crippen LogP contribution >= 0.6 is 0 Å². The maximum Gasteiger partial charge on any atom is 0.516 e. The van der Waals surface area contributed by atoms with Crippen LogP contribution in [0.4, 0.5) is 18.9 Å². The second kappa shape index (κ2) is 10.8. The minimum atomic E-state index is -5.81. The number of rotatable bonds is 7. The van der Waals surface area contributed by atoms with Gasteiger partial charge in [0.15, 0.2) is 0 Å². The smallest absolute Gasteiger partial charge is 0.347 e. The molecule has 0 aliphatic carbocycles. The van der Waals surface area contributed by atoms with Crippen LogP contribution in [0.5, 0.6) is 0 Å². The number of hydrogen-bond donors (Lipinski definition) is 1. The number of carbonyl (C=O) groups excluding carboxylic acids is 2. The maximum absolute atomic E-state index is 13.2. The van der Waals surface area contributed by atoms with Gasteiger partial charge in [-0.15, -0.1) is 5.10 Å². The van der Waals surface area contributed by atoms with Crippen molar-refractivity contribution in [1.29, 1.82) is 0 Å². The fourth-order valence-electron chi connectivity index (χ4n) is 4.14. The van der Waals surface area contributed by atoms with Gasteiger partial charge in [-0.2, -0.15) is 21.6 Å². The van der Waals surface area contributed by atoms with Gasteiger partial charge in [0.05, 0.1) is 24.5 Å². The average Bonchev–Trinajstić information content (AvgIpc) is 3.28. The number of hydrogen-bond acceptors (Lipinski definition) is 7. The predicted molar refractivity (Wildman–Crippen MR) is 142 cm³/mol. The molecule has 0 saturated carbocycles. The van der Waals surface area contributed by atoms with E-state index in [1.54, 1.807) is 28.7 Å². The van der Waals surface area contributed by atoms with E-state index < -0.39 is 33.8 Å². The molecule has 1 aliphatic rings. The van der Waals surface area contributed by atoms with Crippen molar-refractivity contribution in [2.45, 2.75) is 32.3 Å². The van der Waals surface area contributed by atoms with Crippen molar-refractivity contribution in [2.75, 3.05) is 32.2 Å². The van der Waals surface area contributed by atoms with Gasteiger partial charge in [0.1, 0.15) is 11.3 Å². The monoisotopic (exact) mass is 579 g/mol. The van der Waals surface area contributed by atoms with Crippen molar-refractivity contribution in [3.05, 3.63) is 65.1 Å². The third kappa shape index (κ3) is 5.46. The van der Waals surface area contributed by atoms with Gasteiger partial charge in [-0.25, -0.2) is 9.29 Å². The molecule has 11 nitrogen and oxygen atoms in total. The topological polar surface area (TPSA) is 120 Å². The SMILES string of the molecule is CCc1nc2ccc(C)cn2c1C(=O)NCc1ccc(N2CCN(S(=O)(=O)C(F)(F)F)C(C(=O)N(C)C)=N2)cc1. The first-order valence-electron chi connectivity index (χ1n) is 12.3. The van der Waals surface area contributed by atoms with Crippen molar-refractivity contribution in [3.63, 3.8) is 0 Å². The average molecular weight is 580 g/mol. The summed E-state index contributed by atoms with van der Waals surface area (Å²) in [7, 11) is -3.25. The number of benzene rings is 1. The molecular formula is C25H28F3N7O4S. The number of pyridine rings is 1. The number of anilines is 1. The van der Waals surface area contributed by atoms with E-state index in [0.717, 1.165) is 16.0 Å². The third-order valence-electron chi connectivity index (χ3n) is 6.22. The number of nitrogens with one attached hydrogen (secondary N) is 1. The summed E-state index contributed by atoms with van der Waals surface area (Å²) < 4.78 is 65.5. The van der Waals surface area contributed by atoms with Gasteiger partial charge < -0.3 is 10.2 Å². The Labute approximate surface area is 228 Å². The molecule has 0 saturated heterocycles. The molecule has 0 spiro atoms. The summed E-state index contributed by atoms with van der Waals surface area (Å²) in [5, 5.41) is 8.10. The lowest BCUT2D eigenvalue weighted by Crippen LogP contribution is -2.55. The van der Waals surface area contributed by atoms with Gasteiger partial charge in [0.25, 0.3) is 11.8 Å². The van der Waals surface area contributed by atoms with Crippen LogP contribution in [-0.4, -0.2) is 77.4 Å². The second-order valence-electron chi connectivity index (χ2n) is 9.31. The molecule has 1 N–H and O–H groups in total. The van der Waals surface area contributed by atoms with Gasteiger partial charge in [0, 0.05) is 26.8 Å². The number of hydrazone groups is 1. The molecule has 0 radical (unpaired) electrons. The number of nitrogens with zero attached hydrogens (tertiary/aromatic N) is 6. The molecular weight excluding hydrogens is 551 g/mol. The molecule has 3 heterocycles. The van der Waals surface area contributed by atoms with E-state index >= 15 is 0 Å². The zero-order valence-electron chi connectivity index (χ0n) is 22.2. The van der Waals surface area contributed by atoms with Gasteiger partial charge in [-0.05, 0) is 42.7 Å². The van der Waals surface area contributed by atoms with Gasteiger partial charge >= 0.3 is 15.5 Å². The summed E-state index contributed by atoms with van der Waals surface area (Å²) in [5.41, 5.74) is -1.65. The number of alkyl halides is 3. The number of carbonyl (C=O) groups is 2. The Morgan fingerprint density at radius 1 is 1.07 bits per heavy atom. The number of amides is 2. The molecule has 3 aromatic rings. The minimum Gasteiger partial charge on any atom is -0.347 e. The summed E-state index contributed by atoms with van der Waals surface area (Å²) >= 11 is 0. The zero-order valence-corrected chi connectivity index (χ0v) is 23.0. The van der Waals surface area contributed by atoms with Crippen LogP contribution < -0.4 is 10.3 Å². The molecule has 1 aromatic carbocycles. The maximum atomic E-state index is 13.2. The number of aryl methyl sites for hydroxylation is 2. The second-order valence-corrected chi connectivity index (χ2v) is 11.2. The van der Waals surface area contributed by atoms with Crippen LogP contribution in [0.25, 0.3) is 5.65 Å². The molecule has 214 valence electrons. The van der Waals surface area contributed by atoms with E-state index in [1.807, 2.05) is 32.2 Å². The lowest BCUT2D eigenvalue weighted by molar-refractivity contribution is -0.122. The van der Waals surface area contributed by atoms with E-state index in [4.69, 9.17) is 0 Å². The highest BCUT2D eigenvalue weighted by molar-refractivity contribution is 7.90. The molecule has 0 unspecified atom stereocenters. The van der Waals surface area contributed by atoms with Crippen LogP contribution in [0.1, 0.15) is 34.2 Å². The Morgan fingerprint density at radius 3 is 2.35 bits per heavy atom. The van der Waals surface area contributed by atoms with E-state index in [0.29, 0.717) is 29.1 Å². The first-order valence-corrected chi connectivity index (χ1v) is 13.7. The molecule has 0 bridgehead atoms. The Bertz CT molecular complexity index is 1580. The molecule has 1 aliphatic heterocycles. The number of halogens is 3. The molecule has 0 fully saturated rings. The van der Waals surface area contributed by atoms with E-state index in [9.17, 15) is 31.2 Å². The van der Waals surface area contributed by atoms with Crippen LogP contribution in [0.3, 0.4) is 0 Å². The predicted octanol–water partition coefficient (Wildman–Crippen LogP) is 2.51. The van der Waals surface area contributed by atoms with E-state index in [-0.39, 0.29) is 23.3 Å². The van der Waals surface area contributed by atoms with Gasteiger partial charge in [-0.3, -0.25) is 19.0 Å². The highest BCUT2D eigenvalue weighted by Gasteiger charge is 2.53. The third-order valence-corrected chi connectivity index (χ3v) is 7.74. The first kappa shape index (κ1) is 28.9. The number of aromatic nitrogens is 2. The number of amidine groups is 1. The normalized spacial score (nSPS) is 14.3. The number of fused-ring (bicyclic) bond motifs is 1. The van der Waals surface area contributed by atoms with Crippen LogP contribution in [0, 0.1) is 6.92 Å². The largest absolute Gasteiger partial charge is 0.516 e. The van der Waals surface area contributed by atoms with Crippen molar-refractivity contribution in [3.8, 4) is 0 Å². The fraction of sp³-hybridized carbons (Fsp3) is 0.360. The standard InChI is InChI=1S/C25H28F3N7O4S/c1-5-19-21(33-15-16(2)6-11-20(33)30-19)23(36)29-14-17-7-9-18(10-8-17)34-12-13-35(40(38,39)25(26,27)28)22(31-34)24(37)32(3)4/h6-11,15H,5,12-14H2,1-4H3,(H,29,36). The Morgan fingerprint density at radius 2 is 1.75 bits per heavy atom. The summed E-state index contributed by atoms with van der Waals surface area (Å²) in [6.45, 7) is 3.18. The quantitative estimate of drug-likeness (QED) is 0.460. The Balaban J connectivity index is 1.53. The molecule has 40 heavy (non-hydrogen) atoms.